The molecule has 4 amide bonds. The van der Waals surface area contributed by atoms with Crippen LogP contribution in [0.2, 0.25) is 0 Å². The molecular formula is C60H85N5O13. The van der Waals surface area contributed by atoms with Crippen LogP contribution in [0.4, 0.5) is 0 Å². The lowest BCUT2D eigenvalue weighted by Crippen LogP contribution is -2.55. The second-order valence-electron chi connectivity index (χ2n) is 22.4. The van der Waals surface area contributed by atoms with Crippen LogP contribution >= 0.6 is 0 Å². The summed E-state index contributed by atoms with van der Waals surface area (Å²) in [5, 5.41) is 0. The Morgan fingerprint density at radius 1 is 0.487 bits per heavy atom. The van der Waals surface area contributed by atoms with E-state index in [1.807, 2.05) is 92.6 Å². The number of carbonyl (C=O) groups excluding carboxylic acids is 8. The topological polar surface area (TPSA) is 209 Å². The van der Waals surface area contributed by atoms with Gasteiger partial charge in [-0.05, 0) is 104 Å². The largest absolute Gasteiger partial charge is 0.481 e. The first-order chi connectivity index (χ1) is 36.6. The van der Waals surface area contributed by atoms with Crippen molar-refractivity contribution >= 4 is 47.5 Å². The van der Waals surface area contributed by atoms with Crippen LogP contribution < -0.4 is 4.74 Å². The maximum atomic E-state index is 15.0. The summed E-state index contributed by atoms with van der Waals surface area (Å²) in [5.41, 5.74) is 4.18. The number of rotatable bonds is 15. The van der Waals surface area contributed by atoms with Gasteiger partial charge in [0, 0.05) is 53.3 Å². The van der Waals surface area contributed by atoms with E-state index in [1.165, 1.54) is 42.0 Å². The molecular weight excluding hydrogens is 999 g/mol. The van der Waals surface area contributed by atoms with E-state index in [1.54, 1.807) is 43.6 Å². The fourth-order valence-corrected chi connectivity index (χ4v) is 9.39. The second-order valence-corrected chi connectivity index (χ2v) is 22.4. The number of likely N-dealkylation sites (N-methyl/N-ethyl adjacent to an activating group) is 4. The molecule has 18 heteroatoms. The number of nitrogens with zero attached hydrogens (tertiary/aromatic N) is 5. The predicted molar refractivity (Wildman–Crippen MR) is 294 cm³/mol. The standard InChI is InChI=1S/C60H85N5O13/c1-35(2)26-46-57(70)75-41(11)54(67)63(13)49(29-38(7)8)60(73)78-51(33-44-24-22-43(23-25-44)31-45-34-61-52(74-16)30-39(45)9)56(69)65(15)47(27-36(3)4)58(71)76-40(10)53(66)62(12)48(28-37(5)6)59(72)77-50(55(68)64(46)14)32-42-20-18-17-19-21-42/h17-25,30,34-38,40-41,46-51H,26-29,31-33H2,1-16H3/t40-,41-,46+,47+,48+,49+,50-,51-/m1/s1. The van der Waals surface area contributed by atoms with Crippen LogP contribution in [0.3, 0.4) is 0 Å². The number of esters is 4. The molecule has 0 spiro atoms. The van der Waals surface area contributed by atoms with Crippen molar-refractivity contribution in [3.05, 3.63) is 94.7 Å². The third-order valence-electron chi connectivity index (χ3n) is 14.0. The molecule has 1 aliphatic rings. The molecule has 1 aromatic heterocycles. The molecule has 0 saturated carbocycles. The third-order valence-corrected chi connectivity index (χ3v) is 14.0. The molecule has 1 fully saturated rings. The van der Waals surface area contributed by atoms with Crippen molar-refractivity contribution in [3.63, 3.8) is 0 Å². The van der Waals surface area contributed by atoms with E-state index >= 15 is 4.79 Å². The summed E-state index contributed by atoms with van der Waals surface area (Å²) in [6, 6.07) is 13.1. The van der Waals surface area contributed by atoms with Gasteiger partial charge >= 0.3 is 23.9 Å². The van der Waals surface area contributed by atoms with Gasteiger partial charge in [0.25, 0.3) is 23.6 Å². The van der Waals surface area contributed by atoms with Gasteiger partial charge in [-0.25, -0.2) is 24.2 Å². The summed E-state index contributed by atoms with van der Waals surface area (Å²) in [5.74, 6) is -6.83. The minimum absolute atomic E-state index is 0.0856. The van der Waals surface area contributed by atoms with E-state index in [4.69, 9.17) is 23.7 Å². The van der Waals surface area contributed by atoms with E-state index in [2.05, 4.69) is 4.98 Å². The Bertz CT molecular complexity index is 2520. The highest BCUT2D eigenvalue weighted by Gasteiger charge is 2.43. The zero-order chi connectivity index (χ0) is 58.3. The molecule has 1 saturated heterocycles. The van der Waals surface area contributed by atoms with Crippen molar-refractivity contribution in [1.29, 1.82) is 0 Å². The lowest BCUT2D eigenvalue weighted by Gasteiger charge is -2.35. The molecule has 2 heterocycles. The van der Waals surface area contributed by atoms with Gasteiger partial charge in [-0.1, -0.05) is 110 Å². The Morgan fingerprint density at radius 3 is 1.17 bits per heavy atom. The van der Waals surface area contributed by atoms with E-state index in [9.17, 15) is 33.6 Å². The van der Waals surface area contributed by atoms with Crippen LogP contribution in [-0.4, -0.2) is 156 Å². The van der Waals surface area contributed by atoms with Gasteiger partial charge in [0.15, 0.2) is 24.4 Å². The fraction of sp³-hybridized carbons (Fsp3) is 0.583. The summed E-state index contributed by atoms with van der Waals surface area (Å²) in [4.78, 5) is 125. The summed E-state index contributed by atoms with van der Waals surface area (Å²) >= 11 is 0. The number of aromatic nitrogens is 1. The van der Waals surface area contributed by atoms with E-state index < -0.39 is 96.1 Å². The molecule has 18 nitrogen and oxygen atoms in total. The van der Waals surface area contributed by atoms with Gasteiger partial charge in [-0.15, -0.1) is 0 Å². The Morgan fingerprint density at radius 2 is 0.821 bits per heavy atom. The van der Waals surface area contributed by atoms with E-state index in [0.29, 0.717) is 23.4 Å². The van der Waals surface area contributed by atoms with Crippen molar-refractivity contribution in [2.45, 2.75) is 170 Å². The zero-order valence-electron chi connectivity index (χ0n) is 48.8. The third kappa shape index (κ3) is 17.8. The van der Waals surface area contributed by atoms with Crippen LogP contribution in [0.5, 0.6) is 5.88 Å². The highest BCUT2D eigenvalue weighted by molar-refractivity contribution is 5.94. The van der Waals surface area contributed by atoms with Crippen LogP contribution in [0, 0.1) is 30.6 Å². The molecule has 1 aliphatic heterocycles. The average Bonchev–Trinajstić information content (AvgIpc) is 3.40. The number of cyclic esters (lactones) is 4. The highest BCUT2D eigenvalue weighted by atomic mass is 16.6. The van der Waals surface area contributed by atoms with Gasteiger partial charge in [0.1, 0.15) is 24.2 Å². The highest BCUT2D eigenvalue weighted by Crippen LogP contribution is 2.25. The van der Waals surface area contributed by atoms with Gasteiger partial charge in [0.05, 0.1) is 7.11 Å². The number of hydrogen-bond acceptors (Lipinski definition) is 14. The van der Waals surface area contributed by atoms with Crippen LogP contribution in [0.15, 0.2) is 66.9 Å². The molecule has 3 aromatic rings. The van der Waals surface area contributed by atoms with Crippen molar-refractivity contribution in [3.8, 4) is 5.88 Å². The number of aryl methyl sites for hydroxylation is 1. The summed E-state index contributed by atoms with van der Waals surface area (Å²) < 4.78 is 29.3. The van der Waals surface area contributed by atoms with Crippen LogP contribution in [0.1, 0.15) is 123 Å². The molecule has 78 heavy (non-hydrogen) atoms. The summed E-state index contributed by atoms with van der Waals surface area (Å²) in [6.07, 6.45) is -3.52. The SMILES string of the molecule is COc1cc(C)c(Cc2ccc(C[C@H]3OC(=O)[C@H](CC(C)C)N(C)C(=O)[C@@H](C)OC(=O)[C@H](CC(C)C)N(C)C(=O)[C@@H](Cc4ccccc4)OC(=O)[C@H](CC(C)C)N(C)C(=O)[C@@H](C)OC(=O)[C@H](CC(C)C)N(C)C3=O)cc2)cn1. The number of carbonyl (C=O) groups is 8. The Balaban J connectivity index is 1.85. The fourth-order valence-electron chi connectivity index (χ4n) is 9.39. The quantitative estimate of drug-likeness (QED) is 0.111. The van der Waals surface area contributed by atoms with Crippen LogP contribution in [-0.2, 0) is 76.6 Å². The molecule has 0 radical (unpaired) electrons. The summed E-state index contributed by atoms with van der Waals surface area (Å²) in [6.45, 7) is 19.5. The lowest BCUT2D eigenvalue weighted by atomic mass is 9.98. The molecule has 0 unspecified atom stereocenters. The number of hydrogen-bond donors (Lipinski definition) is 0. The molecule has 0 aliphatic carbocycles. The number of ether oxygens (including phenoxy) is 5. The van der Waals surface area contributed by atoms with Crippen molar-refractivity contribution in [1.82, 2.24) is 24.6 Å². The Labute approximate surface area is 461 Å². The normalized spacial score (nSPS) is 23.4. The maximum absolute atomic E-state index is 15.0. The predicted octanol–water partition coefficient (Wildman–Crippen LogP) is 6.97. The second kappa shape index (κ2) is 29.2. The Kier molecular flexibility index (Phi) is 23.9. The molecule has 4 rings (SSSR count). The zero-order valence-corrected chi connectivity index (χ0v) is 48.8. The van der Waals surface area contributed by atoms with Crippen LogP contribution in [0.25, 0.3) is 0 Å². The molecule has 428 valence electrons. The number of amides is 4. The lowest BCUT2D eigenvalue weighted by molar-refractivity contribution is -0.176. The molecule has 8 atom stereocenters. The first kappa shape index (κ1) is 63.7. The summed E-state index contributed by atoms with van der Waals surface area (Å²) in [7, 11) is 7.12. The van der Waals surface area contributed by atoms with Gasteiger partial charge in [-0.2, -0.15) is 0 Å². The van der Waals surface area contributed by atoms with Gasteiger partial charge < -0.3 is 43.3 Å². The van der Waals surface area contributed by atoms with E-state index in [-0.39, 0.29) is 62.2 Å². The minimum Gasteiger partial charge on any atom is -0.481 e. The first-order valence-electron chi connectivity index (χ1n) is 27.1. The maximum Gasteiger partial charge on any atom is 0.329 e. The van der Waals surface area contributed by atoms with Crippen molar-refractivity contribution in [2.75, 3.05) is 35.3 Å². The number of methoxy groups -OCH3 is 1. The molecule has 0 bridgehead atoms. The smallest absolute Gasteiger partial charge is 0.329 e. The first-order valence-corrected chi connectivity index (χ1v) is 27.1. The Hall–Kier alpha value is -6.85. The minimum atomic E-state index is -1.54. The average molecular weight is 1080 g/mol. The molecule has 0 N–H and O–H groups in total. The number of pyridine rings is 1. The van der Waals surface area contributed by atoms with Gasteiger partial charge in [-0.3, -0.25) is 19.2 Å². The molecule has 2 aromatic carbocycles. The van der Waals surface area contributed by atoms with Crippen molar-refractivity contribution < 1.29 is 62.0 Å². The van der Waals surface area contributed by atoms with Crippen molar-refractivity contribution in [2.24, 2.45) is 23.7 Å². The van der Waals surface area contributed by atoms with E-state index in [0.717, 1.165) is 36.3 Å². The monoisotopic (exact) mass is 1080 g/mol. The number of benzene rings is 2. The van der Waals surface area contributed by atoms with Gasteiger partial charge in [0.2, 0.25) is 5.88 Å².